The normalized spacial score (nSPS) is 10.4. The summed E-state index contributed by atoms with van der Waals surface area (Å²) in [5.74, 6) is 6.58. The zero-order chi connectivity index (χ0) is 13.8. The van der Waals surface area contributed by atoms with Crippen LogP contribution >= 0.6 is 11.8 Å². The molecule has 0 saturated heterocycles. The van der Waals surface area contributed by atoms with E-state index in [1.165, 1.54) is 18.0 Å². The number of oxazole rings is 1. The number of aromatic nitrogens is 3. The van der Waals surface area contributed by atoms with Gasteiger partial charge in [0.15, 0.2) is 5.82 Å². The first kappa shape index (κ1) is 12.6. The van der Waals surface area contributed by atoms with E-state index in [9.17, 15) is 0 Å². The highest BCUT2D eigenvalue weighted by Gasteiger charge is 2.09. The average molecular weight is 285 g/mol. The summed E-state index contributed by atoms with van der Waals surface area (Å²) < 4.78 is 5.20. The Hall–Kier alpha value is -2.38. The van der Waals surface area contributed by atoms with E-state index in [0.29, 0.717) is 21.9 Å². The highest BCUT2D eigenvalue weighted by Crippen LogP contribution is 2.28. The Morgan fingerprint density at radius 3 is 2.70 bits per heavy atom. The fourth-order valence-electron chi connectivity index (χ4n) is 1.62. The number of nitrogens with two attached hydrogens (primary N) is 1. The molecule has 0 aliphatic heterocycles. The summed E-state index contributed by atoms with van der Waals surface area (Å²) in [6.07, 6.45) is 3.10. The second-order valence-electron chi connectivity index (χ2n) is 3.83. The van der Waals surface area contributed by atoms with E-state index < -0.39 is 0 Å². The summed E-state index contributed by atoms with van der Waals surface area (Å²) in [7, 11) is 0. The summed E-state index contributed by atoms with van der Waals surface area (Å²) in [6, 6.07) is 11.4. The number of hydrogen-bond acceptors (Lipinski definition) is 7. The number of nitrogen functional groups attached to an aromatic ring is 1. The lowest BCUT2D eigenvalue weighted by Crippen LogP contribution is -2.09. The quantitative estimate of drug-likeness (QED) is 0.432. The van der Waals surface area contributed by atoms with Crippen molar-refractivity contribution in [2.24, 2.45) is 5.84 Å². The maximum Gasteiger partial charge on any atom is 0.261 e. The molecule has 20 heavy (non-hydrogen) atoms. The Balaban J connectivity index is 1.99. The number of nitrogens with one attached hydrogen (secondary N) is 1. The highest BCUT2D eigenvalue weighted by molar-refractivity contribution is 7.99. The predicted octanol–water partition coefficient (Wildman–Crippen LogP) is 2.57. The van der Waals surface area contributed by atoms with Crippen molar-refractivity contribution in [2.45, 2.75) is 10.2 Å². The van der Waals surface area contributed by atoms with Gasteiger partial charge in [-0.3, -0.25) is 0 Å². The van der Waals surface area contributed by atoms with Gasteiger partial charge >= 0.3 is 0 Å². The monoisotopic (exact) mass is 285 g/mol. The van der Waals surface area contributed by atoms with Crippen LogP contribution in [-0.2, 0) is 0 Å². The van der Waals surface area contributed by atoms with Crippen molar-refractivity contribution in [3.05, 3.63) is 48.9 Å². The maximum atomic E-state index is 5.45. The number of hydrazine groups is 1. The Bertz CT molecular complexity index is 687. The molecule has 100 valence electrons. The van der Waals surface area contributed by atoms with Crippen LogP contribution in [0.25, 0.3) is 11.4 Å². The summed E-state index contributed by atoms with van der Waals surface area (Å²) in [6.45, 7) is 0. The molecule has 3 aromatic rings. The number of nitrogens with zero attached hydrogens (tertiary/aromatic N) is 3. The standard InChI is InChI=1S/C13H11N5OS/c14-18-10-8-11(20-13-15-6-7-19-13)17-12(16-10)9-4-2-1-3-5-9/h1-8H,14H2,(H,16,17,18). The van der Waals surface area contributed by atoms with Crippen LogP contribution < -0.4 is 11.3 Å². The zero-order valence-corrected chi connectivity index (χ0v) is 11.2. The third kappa shape index (κ3) is 2.79. The predicted molar refractivity (Wildman–Crippen MR) is 75.9 cm³/mol. The molecule has 0 amide bonds. The first-order chi connectivity index (χ1) is 9.85. The molecule has 0 bridgehead atoms. The number of anilines is 1. The van der Waals surface area contributed by atoms with Crippen molar-refractivity contribution >= 4 is 17.6 Å². The molecular formula is C13H11N5OS. The van der Waals surface area contributed by atoms with Gasteiger partial charge in [0.1, 0.15) is 17.1 Å². The highest BCUT2D eigenvalue weighted by atomic mass is 32.2. The molecule has 0 spiro atoms. The molecule has 0 atom stereocenters. The molecular weight excluding hydrogens is 274 g/mol. The van der Waals surface area contributed by atoms with Crippen molar-refractivity contribution in [1.82, 2.24) is 15.0 Å². The van der Waals surface area contributed by atoms with E-state index >= 15 is 0 Å². The van der Waals surface area contributed by atoms with Gasteiger partial charge in [-0.05, 0) is 11.8 Å². The lowest BCUT2D eigenvalue weighted by Gasteiger charge is -2.06. The molecule has 0 saturated carbocycles. The van der Waals surface area contributed by atoms with Crippen molar-refractivity contribution in [1.29, 1.82) is 0 Å². The van der Waals surface area contributed by atoms with Gasteiger partial charge in [-0.1, -0.05) is 30.3 Å². The van der Waals surface area contributed by atoms with Crippen LogP contribution in [0.2, 0.25) is 0 Å². The number of rotatable bonds is 4. The molecule has 2 heterocycles. The molecule has 2 aromatic heterocycles. The first-order valence-electron chi connectivity index (χ1n) is 5.83. The molecule has 3 N–H and O–H groups in total. The molecule has 0 aliphatic rings. The smallest absolute Gasteiger partial charge is 0.261 e. The molecule has 7 heteroatoms. The van der Waals surface area contributed by atoms with Crippen molar-refractivity contribution in [2.75, 3.05) is 5.43 Å². The fraction of sp³-hybridized carbons (Fsp3) is 0. The lowest BCUT2D eigenvalue weighted by atomic mass is 10.2. The van der Waals surface area contributed by atoms with Crippen LogP contribution in [0, 0.1) is 0 Å². The van der Waals surface area contributed by atoms with Crippen molar-refractivity contribution in [3.8, 4) is 11.4 Å². The maximum absolute atomic E-state index is 5.45. The summed E-state index contributed by atoms with van der Waals surface area (Å²) in [5.41, 5.74) is 3.46. The minimum Gasteiger partial charge on any atom is -0.440 e. The van der Waals surface area contributed by atoms with Gasteiger partial charge in [0, 0.05) is 11.6 Å². The van der Waals surface area contributed by atoms with Crippen LogP contribution in [0.4, 0.5) is 5.82 Å². The zero-order valence-electron chi connectivity index (χ0n) is 10.4. The van der Waals surface area contributed by atoms with Crippen LogP contribution in [0.3, 0.4) is 0 Å². The third-order valence-corrected chi connectivity index (χ3v) is 3.28. The van der Waals surface area contributed by atoms with E-state index in [1.54, 1.807) is 12.3 Å². The van der Waals surface area contributed by atoms with Crippen molar-refractivity contribution < 1.29 is 4.42 Å². The SMILES string of the molecule is NNc1cc(Sc2ncco2)nc(-c2ccccc2)n1. The number of hydrogen-bond donors (Lipinski definition) is 2. The molecule has 0 radical (unpaired) electrons. The second-order valence-corrected chi connectivity index (χ2v) is 4.80. The van der Waals surface area contributed by atoms with Gasteiger partial charge in [0.2, 0.25) is 0 Å². The van der Waals surface area contributed by atoms with E-state index in [1.807, 2.05) is 30.3 Å². The molecule has 1 aromatic carbocycles. The molecule has 3 rings (SSSR count). The van der Waals surface area contributed by atoms with Gasteiger partial charge < -0.3 is 9.84 Å². The van der Waals surface area contributed by atoms with Gasteiger partial charge in [0.25, 0.3) is 5.22 Å². The van der Waals surface area contributed by atoms with E-state index in [2.05, 4.69) is 20.4 Å². The van der Waals surface area contributed by atoms with Crippen LogP contribution in [0.5, 0.6) is 0 Å². The van der Waals surface area contributed by atoms with E-state index in [-0.39, 0.29) is 0 Å². The largest absolute Gasteiger partial charge is 0.440 e. The Morgan fingerprint density at radius 1 is 1.15 bits per heavy atom. The Morgan fingerprint density at radius 2 is 2.00 bits per heavy atom. The third-order valence-electron chi connectivity index (χ3n) is 2.48. The van der Waals surface area contributed by atoms with Gasteiger partial charge in [-0.25, -0.2) is 20.8 Å². The van der Waals surface area contributed by atoms with E-state index in [0.717, 1.165) is 5.56 Å². The molecule has 0 aliphatic carbocycles. The molecule has 6 nitrogen and oxygen atoms in total. The summed E-state index contributed by atoms with van der Waals surface area (Å²) >= 11 is 1.31. The lowest BCUT2D eigenvalue weighted by molar-refractivity contribution is 0.454. The molecule has 0 unspecified atom stereocenters. The minimum absolute atomic E-state index is 0.519. The van der Waals surface area contributed by atoms with E-state index in [4.69, 9.17) is 10.3 Å². The average Bonchev–Trinajstić information content (AvgIpc) is 3.00. The van der Waals surface area contributed by atoms with Crippen LogP contribution in [0.15, 0.2) is 63.5 Å². The van der Waals surface area contributed by atoms with Crippen LogP contribution in [-0.4, -0.2) is 15.0 Å². The first-order valence-corrected chi connectivity index (χ1v) is 6.65. The Labute approximate surface area is 119 Å². The second kappa shape index (κ2) is 5.72. The van der Waals surface area contributed by atoms with Crippen LogP contribution in [0.1, 0.15) is 0 Å². The Kier molecular flexibility index (Phi) is 3.62. The minimum atomic E-state index is 0.519. The summed E-state index contributed by atoms with van der Waals surface area (Å²) in [4.78, 5) is 12.9. The number of benzene rings is 1. The van der Waals surface area contributed by atoms with Crippen molar-refractivity contribution in [3.63, 3.8) is 0 Å². The van der Waals surface area contributed by atoms with Gasteiger partial charge in [0.05, 0.1) is 6.20 Å². The topological polar surface area (TPSA) is 89.9 Å². The summed E-state index contributed by atoms with van der Waals surface area (Å²) in [5, 5.41) is 1.22. The van der Waals surface area contributed by atoms with Gasteiger partial charge in [-0.2, -0.15) is 0 Å². The fourth-order valence-corrected chi connectivity index (χ4v) is 2.32. The molecule has 0 fully saturated rings. The van der Waals surface area contributed by atoms with Gasteiger partial charge in [-0.15, -0.1) is 0 Å².